The molecular formula is C9H11N3O. The van der Waals surface area contributed by atoms with E-state index in [1.807, 2.05) is 20.2 Å². The third-order valence-corrected chi connectivity index (χ3v) is 2.50. The van der Waals surface area contributed by atoms with Crippen LogP contribution in [0.5, 0.6) is 0 Å². The smallest absolute Gasteiger partial charge is 0.235 e. The van der Waals surface area contributed by atoms with Crippen LogP contribution in [0.3, 0.4) is 0 Å². The first-order chi connectivity index (χ1) is 6.18. The van der Waals surface area contributed by atoms with Crippen molar-refractivity contribution in [3.63, 3.8) is 0 Å². The maximum absolute atomic E-state index is 10.2. The highest BCUT2D eigenvalue weighted by atomic mass is 16.1. The minimum absolute atomic E-state index is 0.278. The van der Waals surface area contributed by atoms with E-state index in [1.54, 1.807) is 10.8 Å². The van der Waals surface area contributed by atoms with E-state index in [4.69, 9.17) is 0 Å². The van der Waals surface area contributed by atoms with Crippen LogP contribution in [0.4, 0.5) is 0 Å². The Hall–Kier alpha value is -1.41. The molecule has 0 atom stereocenters. The SMILES string of the molecule is Cc1nn(C)cc1C1(N=C=O)CC1. The largest absolute Gasteiger partial charge is 0.275 e. The average molecular weight is 177 g/mol. The molecule has 4 heteroatoms. The number of hydrogen-bond donors (Lipinski definition) is 0. The molecular weight excluding hydrogens is 166 g/mol. The van der Waals surface area contributed by atoms with Gasteiger partial charge in [-0.15, -0.1) is 0 Å². The summed E-state index contributed by atoms with van der Waals surface area (Å²) in [5.41, 5.74) is 1.75. The van der Waals surface area contributed by atoms with Crippen molar-refractivity contribution in [3.05, 3.63) is 17.5 Å². The first-order valence-electron chi connectivity index (χ1n) is 4.28. The average Bonchev–Trinajstić information content (AvgIpc) is 2.74. The summed E-state index contributed by atoms with van der Waals surface area (Å²) in [7, 11) is 1.87. The zero-order valence-corrected chi connectivity index (χ0v) is 7.74. The molecule has 1 aromatic rings. The van der Waals surface area contributed by atoms with Crippen LogP contribution < -0.4 is 0 Å². The van der Waals surface area contributed by atoms with Crippen molar-refractivity contribution in [3.8, 4) is 0 Å². The quantitative estimate of drug-likeness (QED) is 0.500. The van der Waals surface area contributed by atoms with Crippen molar-refractivity contribution in [1.82, 2.24) is 9.78 Å². The first kappa shape index (κ1) is 8.20. The van der Waals surface area contributed by atoms with Gasteiger partial charge in [0.1, 0.15) is 5.54 Å². The van der Waals surface area contributed by atoms with Gasteiger partial charge in [0.25, 0.3) is 0 Å². The van der Waals surface area contributed by atoms with Crippen molar-refractivity contribution in [2.75, 3.05) is 0 Å². The molecule has 13 heavy (non-hydrogen) atoms. The van der Waals surface area contributed by atoms with Crippen LogP contribution in [0.15, 0.2) is 11.2 Å². The van der Waals surface area contributed by atoms with E-state index in [1.165, 1.54) is 0 Å². The molecule has 68 valence electrons. The van der Waals surface area contributed by atoms with Gasteiger partial charge in [0.15, 0.2) is 0 Å². The highest BCUT2D eigenvalue weighted by Crippen LogP contribution is 2.49. The molecule has 0 aromatic carbocycles. The molecule has 0 N–H and O–H groups in total. The fourth-order valence-corrected chi connectivity index (χ4v) is 1.70. The van der Waals surface area contributed by atoms with Crippen LogP contribution >= 0.6 is 0 Å². The van der Waals surface area contributed by atoms with E-state index in [0.29, 0.717) is 0 Å². The summed E-state index contributed by atoms with van der Waals surface area (Å²) >= 11 is 0. The van der Waals surface area contributed by atoms with E-state index in [-0.39, 0.29) is 5.54 Å². The first-order valence-corrected chi connectivity index (χ1v) is 4.28. The summed E-state index contributed by atoms with van der Waals surface area (Å²) in [6.45, 7) is 1.94. The van der Waals surface area contributed by atoms with Crippen molar-refractivity contribution in [2.24, 2.45) is 12.0 Å². The summed E-state index contributed by atoms with van der Waals surface area (Å²) in [6.07, 6.45) is 5.46. The summed E-state index contributed by atoms with van der Waals surface area (Å²) in [5, 5.41) is 4.23. The Labute approximate surface area is 76.3 Å². The van der Waals surface area contributed by atoms with E-state index in [0.717, 1.165) is 24.1 Å². The van der Waals surface area contributed by atoms with Gasteiger partial charge in [-0.1, -0.05) is 0 Å². The lowest BCUT2D eigenvalue weighted by Gasteiger charge is -2.03. The van der Waals surface area contributed by atoms with Gasteiger partial charge in [0.2, 0.25) is 6.08 Å². The third-order valence-electron chi connectivity index (χ3n) is 2.50. The van der Waals surface area contributed by atoms with E-state index in [9.17, 15) is 4.79 Å². The van der Waals surface area contributed by atoms with Crippen LogP contribution in [-0.4, -0.2) is 15.9 Å². The monoisotopic (exact) mass is 177 g/mol. The van der Waals surface area contributed by atoms with Gasteiger partial charge >= 0.3 is 0 Å². The lowest BCUT2D eigenvalue weighted by atomic mass is 10.1. The number of aliphatic imine (C=N–C) groups is 1. The van der Waals surface area contributed by atoms with Crippen LogP contribution in [0.2, 0.25) is 0 Å². The van der Waals surface area contributed by atoms with E-state index in [2.05, 4.69) is 10.1 Å². The van der Waals surface area contributed by atoms with E-state index >= 15 is 0 Å². The molecule has 0 amide bonds. The second-order valence-corrected chi connectivity index (χ2v) is 3.54. The second kappa shape index (κ2) is 2.54. The number of carbonyl (C=O) groups excluding carboxylic acids is 1. The number of hydrogen-bond acceptors (Lipinski definition) is 3. The predicted octanol–water partition coefficient (Wildman–Crippen LogP) is 1.05. The Bertz CT molecular complexity index is 384. The van der Waals surface area contributed by atoms with Crippen LogP contribution in [0.1, 0.15) is 24.1 Å². The number of rotatable bonds is 2. The molecule has 0 aliphatic heterocycles. The van der Waals surface area contributed by atoms with E-state index < -0.39 is 0 Å². The van der Waals surface area contributed by atoms with Crippen molar-refractivity contribution in [1.29, 1.82) is 0 Å². The number of isocyanates is 1. The van der Waals surface area contributed by atoms with Crippen molar-refractivity contribution >= 4 is 6.08 Å². The third kappa shape index (κ3) is 1.19. The fourth-order valence-electron chi connectivity index (χ4n) is 1.70. The van der Waals surface area contributed by atoms with Crippen LogP contribution in [-0.2, 0) is 17.4 Å². The Balaban J connectivity index is 2.45. The minimum Gasteiger partial charge on any atom is -0.275 e. The number of aromatic nitrogens is 2. The normalized spacial score (nSPS) is 18.0. The molecule has 1 aliphatic carbocycles. The van der Waals surface area contributed by atoms with Crippen LogP contribution in [0.25, 0.3) is 0 Å². The molecule has 1 saturated carbocycles. The van der Waals surface area contributed by atoms with Gasteiger partial charge in [0.05, 0.1) is 5.69 Å². The maximum atomic E-state index is 10.2. The Morgan fingerprint density at radius 1 is 1.69 bits per heavy atom. The topological polar surface area (TPSA) is 47.2 Å². The van der Waals surface area contributed by atoms with Gasteiger partial charge in [-0.2, -0.15) is 10.1 Å². The number of nitrogens with zero attached hydrogens (tertiary/aromatic N) is 3. The van der Waals surface area contributed by atoms with Gasteiger partial charge in [0, 0.05) is 18.8 Å². The minimum atomic E-state index is -0.278. The summed E-state index contributed by atoms with van der Waals surface area (Å²) < 4.78 is 1.76. The fraction of sp³-hybridized carbons (Fsp3) is 0.556. The summed E-state index contributed by atoms with van der Waals surface area (Å²) in [5.74, 6) is 0. The molecule has 0 bridgehead atoms. The molecule has 0 saturated heterocycles. The highest BCUT2D eigenvalue weighted by Gasteiger charge is 2.46. The van der Waals surface area contributed by atoms with Gasteiger partial charge in [-0.3, -0.25) is 4.68 Å². The van der Waals surface area contributed by atoms with Crippen molar-refractivity contribution in [2.45, 2.75) is 25.3 Å². The molecule has 2 rings (SSSR count). The molecule has 0 unspecified atom stereocenters. The van der Waals surface area contributed by atoms with Crippen molar-refractivity contribution < 1.29 is 4.79 Å². The van der Waals surface area contributed by atoms with Gasteiger partial charge in [-0.05, 0) is 19.8 Å². The summed E-state index contributed by atoms with van der Waals surface area (Å²) in [6, 6.07) is 0. The highest BCUT2D eigenvalue weighted by molar-refractivity contribution is 5.41. The lowest BCUT2D eigenvalue weighted by molar-refractivity contribution is 0.556. The molecule has 1 fully saturated rings. The predicted molar refractivity (Wildman–Crippen MR) is 47.0 cm³/mol. The zero-order valence-electron chi connectivity index (χ0n) is 7.74. The molecule has 4 nitrogen and oxygen atoms in total. The second-order valence-electron chi connectivity index (χ2n) is 3.54. The molecule has 1 aromatic heterocycles. The number of aryl methyl sites for hydroxylation is 2. The standard InChI is InChI=1S/C9H11N3O/c1-7-8(5-12(2)11-7)9(3-4-9)10-6-13/h5H,3-4H2,1-2H3. The van der Waals surface area contributed by atoms with Crippen LogP contribution in [0, 0.1) is 6.92 Å². The molecule has 1 aliphatic rings. The Morgan fingerprint density at radius 2 is 2.38 bits per heavy atom. The molecule has 1 heterocycles. The Morgan fingerprint density at radius 3 is 2.77 bits per heavy atom. The maximum Gasteiger partial charge on any atom is 0.235 e. The van der Waals surface area contributed by atoms with Gasteiger partial charge < -0.3 is 0 Å². The summed E-state index contributed by atoms with van der Waals surface area (Å²) in [4.78, 5) is 14.1. The zero-order chi connectivity index (χ0) is 9.47. The molecule has 0 spiro atoms. The lowest BCUT2D eigenvalue weighted by Crippen LogP contribution is -2.02. The Kier molecular flexibility index (Phi) is 1.60. The van der Waals surface area contributed by atoms with Gasteiger partial charge in [-0.25, -0.2) is 4.79 Å². The molecule has 0 radical (unpaired) electrons.